The first kappa shape index (κ1) is 12.6. The van der Waals surface area contributed by atoms with E-state index in [0.29, 0.717) is 0 Å². The molecule has 1 fully saturated rings. The number of alkyl halides is 2. The maximum atomic E-state index is 11.8. The quantitative estimate of drug-likeness (QED) is 0.657. The zero-order valence-corrected chi connectivity index (χ0v) is 10.4. The summed E-state index contributed by atoms with van der Waals surface area (Å²) in [6.45, 7) is 8.01. The molecule has 1 aromatic heterocycles. The number of nitrogens with zero attached hydrogens (tertiary/aromatic N) is 1. The number of halogens is 2. The molecule has 1 aliphatic rings. The van der Waals surface area contributed by atoms with Crippen LogP contribution in [0.1, 0.15) is 35.3 Å². The van der Waals surface area contributed by atoms with Gasteiger partial charge < -0.3 is 0 Å². The zero-order chi connectivity index (χ0) is 11.6. The van der Waals surface area contributed by atoms with E-state index in [-0.39, 0.29) is 18.8 Å². The van der Waals surface area contributed by atoms with Crippen LogP contribution >= 0.6 is 11.3 Å². The SMILES string of the molecule is CC1CC(F)(F)C1.Cc1nc(C)c(C)s1. The van der Waals surface area contributed by atoms with Crippen LogP contribution in [-0.2, 0) is 0 Å². The second kappa shape index (κ2) is 4.56. The molecule has 1 nitrogen and oxygen atoms in total. The molecule has 1 aromatic rings. The first-order chi connectivity index (χ1) is 6.80. The molecule has 1 heterocycles. The Balaban J connectivity index is 0.000000151. The molecule has 0 radical (unpaired) electrons. The van der Waals surface area contributed by atoms with E-state index in [0.717, 1.165) is 0 Å². The third-order valence-corrected chi connectivity index (χ3v) is 3.42. The van der Waals surface area contributed by atoms with Crippen LogP contribution in [0.3, 0.4) is 0 Å². The van der Waals surface area contributed by atoms with Crippen LogP contribution in [0.4, 0.5) is 8.78 Å². The van der Waals surface area contributed by atoms with Crippen molar-refractivity contribution < 1.29 is 8.78 Å². The Bertz CT molecular complexity index is 306. The molecule has 1 aliphatic carbocycles. The lowest BCUT2D eigenvalue weighted by Gasteiger charge is -2.31. The van der Waals surface area contributed by atoms with Gasteiger partial charge >= 0.3 is 0 Å². The molecule has 0 aliphatic heterocycles. The molecular weight excluding hydrogens is 216 g/mol. The van der Waals surface area contributed by atoms with E-state index in [1.165, 1.54) is 15.6 Å². The summed E-state index contributed by atoms with van der Waals surface area (Å²) < 4.78 is 23.6. The molecule has 0 N–H and O–H groups in total. The fourth-order valence-corrected chi connectivity index (χ4v) is 2.41. The minimum absolute atomic E-state index is 0.104. The van der Waals surface area contributed by atoms with Crippen molar-refractivity contribution in [3.63, 3.8) is 0 Å². The van der Waals surface area contributed by atoms with Gasteiger partial charge in [0, 0.05) is 17.7 Å². The van der Waals surface area contributed by atoms with Crippen LogP contribution < -0.4 is 0 Å². The second-order valence-corrected chi connectivity index (χ2v) is 5.65. The van der Waals surface area contributed by atoms with Gasteiger partial charge in [0.1, 0.15) is 0 Å². The first-order valence-corrected chi connectivity index (χ1v) is 5.90. The van der Waals surface area contributed by atoms with Crippen LogP contribution in [0.25, 0.3) is 0 Å². The molecule has 0 spiro atoms. The van der Waals surface area contributed by atoms with E-state index in [1.807, 2.05) is 20.8 Å². The summed E-state index contributed by atoms with van der Waals surface area (Å²) in [5.74, 6) is -2.05. The molecule has 1 saturated carbocycles. The smallest absolute Gasteiger partial charge is 0.247 e. The predicted octanol–water partition coefficient (Wildman–Crippen LogP) is 4.12. The highest BCUT2D eigenvalue weighted by atomic mass is 32.1. The molecule has 15 heavy (non-hydrogen) atoms. The average Bonchev–Trinajstić information content (AvgIpc) is 2.26. The van der Waals surface area contributed by atoms with Gasteiger partial charge in [-0.2, -0.15) is 0 Å². The number of hydrogen-bond acceptors (Lipinski definition) is 2. The van der Waals surface area contributed by atoms with Crippen LogP contribution in [0.15, 0.2) is 0 Å². The molecule has 0 atom stereocenters. The minimum Gasteiger partial charge on any atom is -0.247 e. The lowest BCUT2D eigenvalue weighted by Crippen LogP contribution is -2.33. The molecule has 0 unspecified atom stereocenters. The Morgan fingerprint density at radius 3 is 1.87 bits per heavy atom. The summed E-state index contributed by atoms with van der Waals surface area (Å²) in [6, 6.07) is 0. The van der Waals surface area contributed by atoms with Gasteiger partial charge in [-0.15, -0.1) is 11.3 Å². The van der Waals surface area contributed by atoms with Gasteiger partial charge in [-0.1, -0.05) is 6.92 Å². The summed E-state index contributed by atoms with van der Waals surface area (Å²) in [5, 5.41) is 1.17. The monoisotopic (exact) mass is 233 g/mol. The Kier molecular flexibility index (Phi) is 3.82. The van der Waals surface area contributed by atoms with Gasteiger partial charge in [-0.25, -0.2) is 13.8 Å². The summed E-state index contributed by atoms with van der Waals surface area (Å²) in [4.78, 5) is 5.56. The number of hydrogen-bond donors (Lipinski definition) is 0. The number of thiazole rings is 1. The van der Waals surface area contributed by atoms with E-state index >= 15 is 0 Å². The Hall–Kier alpha value is -0.510. The van der Waals surface area contributed by atoms with E-state index in [4.69, 9.17) is 0 Å². The van der Waals surface area contributed by atoms with E-state index in [2.05, 4.69) is 11.9 Å². The van der Waals surface area contributed by atoms with Gasteiger partial charge in [0.2, 0.25) is 5.92 Å². The van der Waals surface area contributed by atoms with Crippen molar-refractivity contribution in [1.82, 2.24) is 4.98 Å². The van der Waals surface area contributed by atoms with E-state index < -0.39 is 5.92 Å². The number of rotatable bonds is 0. The number of aryl methyl sites for hydroxylation is 3. The number of aromatic nitrogens is 1. The summed E-state index contributed by atoms with van der Waals surface area (Å²) in [5.41, 5.74) is 1.17. The highest BCUT2D eigenvalue weighted by Gasteiger charge is 2.42. The van der Waals surface area contributed by atoms with E-state index in [1.54, 1.807) is 11.3 Å². The molecule has 86 valence electrons. The maximum Gasteiger partial charge on any atom is 0.248 e. The van der Waals surface area contributed by atoms with Crippen molar-refractivity contribution in [2.75, 3.05) is 0 Å². The third kappa shape index (κ3) is 3.86. The Morgan fingerprint density at radius 2 is 1.80 bits per heavy atom. The van der Waals surface area contributed by atoms with Gasteiger partial charge in [0.25, 0.3) is 0 Å². The summed E-state index contributed by atoms with van der Waals surface area (Å²) >= 11 is 1.76. The van der Waals surface area contributed by atoms with Gasteiger partial charge in [0.15, 0.2) is 0 Å². The van der Waals surface area contributed by atoms with Crippen molar-refractivity contribution in [2.24, 2.45) is 5.92 Å². The average molecular weight is 233 g/mol. The second-order valence-electron chi connectivity index (χ2n) is 4.24. The van der Waals surface area contributed by atoms with Crippen LogP contribution in [0.2, 0.25) is 0 Å². The molecule has 4 heteroatoms. The molecule has 0 saturated heterocycles. The Labute approximate surface area is 93.5 Å². The van der Waals surface area contributed by atoms with Crippen molar-refractivity contribution in [2.45, 2.75) is 46.5 Å². The van der Waals surface area contributed by atoms with Crippen molar-refractivity contribution in [3.8, 4) is 0 Å². The van der Waals surface area contributed by atoms with Gasteiger partial charge in [-0.05, 0) is 26.7 Å². The molecule has 0 bridgehead atoms. The van der Waals surface area contributed by atoms with Crippen LogP contribution in [-0.4, -0.2) is 10.9 Å². The Morgan fingerprint density at radius 1 is 1.27 bits per heavy atom. The van der Waals surface area contributed by atoms with Crippen molar-refractivity contribution >= 4 is 11.3 Å². The fourth-order valence-electron chi connectivity index (χ4n) is 1.59. The maximum absolute atomic E-state index is 11.8. The zero-order valence-electron chi connectivity index (χ0n) is 9.60. The lowest BCUT2D eigenvalue weighted by molar-refractivity contribution is -0.104. The van der Waals surface area contributed by atoms with E-state index in [9.17, 15) is 8.78 Å². The van der Waals surface area contributed by atoms with Crippen LogP contribution in [0.5, 0.6) is 0 Å². The normalized spacial score (nSPS) is 19.1. The van der Waals surface area contributed by atoms with Gasteiger partial charge in [0.05, 0.1) is 10.7 Å². The standard InChI is InChI=1S/C6H9NS.C5H8F2/c1-4-5(2)8-6(3)7-4;1-4-2-5(6,7)3-4/h1-3H3;4H,2-3H2,1H3. The van der Waals surface area contributed by atoms with Crippen LogP contribution in [0, 0.1) is 26.7 Å². The minimum atomic E-state index is -2.31. The third-order valence-electron chi connectivity index (χ3n) is 2.43. The highest BCUT2D eigenvalue weighted by molar-refractivity contribution is 7.11. The molecular formula is C11H17F2NS. The molecule has 2 rings (SSSR count). The topological polar surface area (TPSA) is 12.9 Å². The molecule has 0 aromatic carbocycles. The predicted molar refractivity (Wildman–Crippen MR) is 59.7 cm³/mol. The van der Waals surface area contributed by atoms with Gasteiger partial charge in [-0.3, -0.25) is 0 Å². The summed E-state index contributed by atoms with van der Waals surface area (Å²) in [6.07, 6.45) is 0.208. The lowest BCUT2D eigenvalue weighted by atomic mass is 9.83. The fraction of sp³-hybridized carbons (Fsp3) is 0.727. The van der Waals surface area contributed by atoms with Crippen molar-refractivity contribution in [1.29, 1.82) is 0 Å². The molecule has 0 amide bonds. The highest BCUT2D eigenvalue weighted by Crippen LogP contribution is 2.41. The first-order valence-electron chi connectivity index (χ1n) is 5.08. The van der Waals surface area contributed by atoms with Crippen molar-refractivity contribution in [3.05, 3.63) is 15.6 Å². The largest absolute Gasteiger partial charge is 0.248 e. The summed E-state index contributed by atoms with van der Waals surface area (Å²) in [7, 11) is 0.